The van der Waals surface area contributed by atoms with Crippen molar-refractivity contribution in [2.45, 2.75) is 19.8 Å². The summed E-state index contributed by atoms with van der Waals surface area (Å²) in [4.78, 5) is 26.0. The van der Waals surface area contributed by atoms with E-state index in [1.807, 2.05) is 0 Å². The van der Waals surface area contributed by atoms with Crippen molar-refractivity contribution in [1.29, 1.82) is 0 Å². The summed E-state index contributed by atoms with van der Waals surface area (Å²) < 4.78 is 4.90. The van der Waals surface area contributed by atoms with Gasteiger partial charge in [-0.3, -0.25) is 4.79 Å². The molecule has 1 N–H and O–H groups in total. The molecule has 6 nitrogen and oxygen atoms in total. The lowest BCUT2D eigenvalue weighted by atomic mass is 10.1. The third kappa shape index (κ3) is 4.18. The number of likely N-dealkylation sites (tertiary alicyclic amines) is 1. The summed E-state index contributed by atoms with van der Waals surface area (Å²) in [5.41, 5.74) is 0. The SMILES string of the molecule is CCC1CCN(C(=O)N(CCOC)CC(=O)O)C1. The van der Waals surface area contributed by atoms with Crippen molar-refractivity contribution < 1.29 is 19.4 Å². The number of carbonyl (C=O) groups excluding carboxylic acids is 1. The van der Waals surface area contributed by atoms with E-state index in [1.54, 1.807) is 4.90 Å². The molecular weight excluding hydrogens is 236 g/mol. The third-order valence-electron chi connectivity index (χ3n) is 3.30. The Morgan fingerprint density at radius 1 is 1.50 bits per heavy atom. The second-order valence-corrected chi connectivity index (χ2v) is 4.60. The van der Waals surface area contributed by atoms with E-state index < -0.39 is 5.97 Å². The Bertz CT molecular complexity index is 296. The number of carboxylic acid groups (broad SMARTS) is 1. The number of carboxylic acids is 1. The van der Waals surface area contributed by atoms with Gasteiger partial charge in [0.15, 0.2) is 0 Å². The minimum Gasteiger partial charge on any atom is -0.480 e. The van der Waals surface area contributed by atoms with Gasteiger partial charge < -0.3 is 19.6 Å². The van der Waals surface area contributed by atoms with Gasteiger partial charge in [0.2, 0.25) is 0 Å². The van der Waals surface area contributed by atoms with E-state index in [0.29, 0.717) is 19.1 Å². The first-order valence-electron chi connectivity index (χ1n) is 6.33. The highest BCUT2D eigenvalue weighted by Crippen LogP contribution is 2.20. The maximum Gasteiger partial charge on any atom is 0.323 e. The van der Waals surface area contributed by atoms with E-state index in [2.05, 4.69) is 6.92 Å². The average molecular weight is 258 g/mol. The van der Waals surface area contributed by atoms with Gasteiger partial charge in [-0.2, -0.15) is 0 Å². The van der Waals surface area contributed by atoms with Crippen molar-refractivity contribution in [3.05, 3.63) is 0 Å². The summed E-state index contributed by atoms with van der Waals surface area (Å²) in [7, 11) is 1.53. The molecular formula is C12H22N2O4. The van der Waals surface area contributed by atoms with Gasteiger partial charge in [0.1, 0.15) is 6.54 Å². The van der Waals surface area contributed by atoms with Crippen molar-refractivity contribution in [3.8, 4) is 0 Å². The zero-order chi connectivity index (χ0) is 13.5. The standard InChI is InChI=1S/C12H22N2O4/c1-3-10-4-5-13(8-10)12(17)14(6-7-18-2)9-11(15)16/h10H,3-9H2,1-2H3,(H,15,16). The molecule has 1 aliphatic rings. The van der Waals surface area contributed by atoms with Crippen molar-refractivity contribution >= 4 is 12.0 Å². The molecule has 0 bridgehead atoms. The summed E-state index contributed by atoms with van der Waals surface area (Å²) in [6.45, 7) is 3.96. The molecule has 0 aromatic rings. The molecule has 1 atom stereocenters. The minimum absolute atomic E-state index is 0.189. The van der Waals surface area contributed by atoms with E-state index in [9.17, 15) is 9.59 Å². The van der Waals surface area contributed by atoms with Gasteiger partial charge in [-0.25, -0.2) is 4.79 Å². The molecule has 1 aliphatic heterocycles. The van der Waals surface area contributed by atoms with Gasteiger partial charge in [-0.05, 0) is 12.3 Å². The first-order valence-corrected chi connectivity index (χ1v) is 6.33. The Kier molecular flexibility index (Phi) is 5.91. The number of nitrogens with zero attached hydrogens (tertiary/aromatic N) is 2. The maximum absolute atomic E-state index is 12.2. The quantitative estimate of drug-likeness (QED) is 0.767. The number of urea groups is 1. The van der Waals surface area contributed by atoms with Crippen molar-refractivity contribution in [2.24, 2.45) is 5.92 Å². The van der Waals surface area contributed by atoms with Crippen LogP contribution < -0.4 is 0 Å². The first kappa shape index (κ1) is 14.8. The van der Waals surface area contributed by atoms with Crippen molar-refractivity contribution in [3.63, 3.8) is 0 Å². The monoisotopic (exact) mass is 258 g/mol. The number of methoxy groups -OCH3 is 1. The molecule has 1 fully saturated rings. The Morgan fingerprint density at radius 2 is 2.22 bits per heavy atom. The molecule has 0 saturated carbocycles. The predicted octanol–water partition coefficient (Wildman–Crippen LogP) is 0.871. The molecule has 1 saturated heterocycles. The predicted molar refractivity (Wildman–Crippen MR) is 66.5 cm³/mol. The number of ether oxygens (including phenoxy) is 1. The number of hydrogen-bond donors (Lipinski definition) is 1. The lowest BCUT2D eigenvalue weighted by Gasteiger charge is -2.26. The Morgan fingerprint density at radius 3 is 2.72 bits per heavy atom. The van der Waals surface area contributed by atoms with E-state index >= 15 is 0 Å². The van der Waals surface area contributed by atoms with Crippen LogP contribution in [0.2, 0.25) is 0 Å². The summed E-state index contributed by atoms with van der Waals surface area (Å²) in [5, 5.41) is 8.82. The number of rotatable bonds is 6. The van der Waals surface area contributed by atoms with E-state index in [0.717, 1.165) is 25.9 Å². The normalized spacial score (nSPS) is 19.0. The Balaban J connectivity index is 2.55. The van der Waals surface area contributed by atoms with Gasteiger partial charge in [-0.1, -0.05) is 13.3 Å². The van der Waals surface area contributed by atoms with Crippen LogP contribution in [0.25, 0.3) is 0 Å². The van der Waals surface area contributed by atoms with Crippen molar-refractivity contribution in [2.75, 3.05) is 39.9 Å². The van der Waals surface area contributed by atoms with Crippen molar-refractivity contribution in [1.82, 2.24) is 9.80 Å². The van der Waals surface area contributed by atoms with Crippen LogP contribution in [0, 0.1) is 5.92 Å². The zero-order valence-electron chi connectivity index (χ0n) is 11.1. The van der Waals surface area contributed by atoms with Crippen LogP contribution >= 0.6 is 0 Å². The summed E-state index contributed by atoms with van der Waals surface area (Å²) in [6, 6.07) is -0.189. The molecule has 1 heterocycles. The number of carbonyl (C=O) groups is 2. The second-order valence-electron chi connectivity index (χ2n) is 4.60. The number of amides is 2. The molecule has 2 amide bonds. The second kappa shape index (κ2) is 7.20. The minimum atomic E-state index is -0.995. The van der Waals surface area contributed by atoms with E-state index in [1.165, 1.54) is 12.0 Å². The van der Waals surface area contributed by atoms with E-state index in [-0.39, 0.29) is 12.6 Å². The highest BCUT2D eigenvalue weighted by atomic mass is 16.5. The summed E-state index contributed by atoms with van der Waals surface area (Å²) >= 11 is 0. The van der Waals surface area contributed by atoms with Crippen LogP contribution in [0.4, 0.5) is 4.79 Å². The topological polar surface area (TPSA) is 70.1 Å². The molecule has 0 spiro atoms. The summed E-state index contributed by atoms with van der Waals surface area (Å²) in [5.74, 6) is -0.450. The fourth-order valence-corrected chi connectivity index (χ4v) is 2.15. The first-order chi connectivity index (χ1) is 8.58. The molecule has 0 aromatic carbocycles. The fraction of sp³-hybridized carbons (Fsp3) is 0.833. The van der Waals surface area contributed by atoms with Crippen LogP contribution in [0.3, 0.4) is 0 Å². The van der Waals surface area contributed by atoms with Gasteiger partial charge >= 0.3 is 12.0 Å². The molecule has 0 radical (unpaired) electrons. The smallest absolute Gasteiger partial charge is 0.323 e. The third-order valence-corrected chi connectivity index (χ3v) is 3.30. The van der Waals surface area contributed by atoms with Crippen LogP contribution in [0.5, 0.6) is 0 Å². The van der Waals surface area contributed by atoms with Crippen LogP contribution in [0.1, 0.15) is 19.8 Å². The largest absolute Gasteiger partial charge is 0.480 e. The molecule has 1 unspecified atom stereocenters. The van der Waals surface area contributed by atoms with Gasteiger partial charge in [-0.15, -0.1) is 0 Å². The molecule has 6 heteroatoms. The molecule has 18 heavy (non-hydrogen) atoms. The van der Waals surface area contributed by atoms with Crippen LogP contribution in [0.15, 0.2) is 0 Å². The number of hydrogen-bond acceptors (Lipinski definition) is 3. The Labute approximate surface area is 107 Å². The molecule has 0 aromatic heterocycles. The van der Waals surface area contributed by atoms with Crippen LogP contribution in [-0.4, -0.2) is 66.8 Å². The van der Waals surface area contributed by atoms with E-state index in [4.69, 9.17) is 9.84 Å². The van der Waals surface area contributed by atoms with Gasteiger partial charge in [0, 0.05) is 26.7 Å². The lowest BCUT2D eigenvalue weighted by molar-refractivity contribution is -0.137. The molecule has 104 valence electrons. The zero-order valence-corrected chi connectivity index (χ0v) is 11.1. The molecule has 1 rings (SSSR count). The average Bonchev–Trinajstić information content (AvgIpc) is 2.81. The lowest BCUT2D eigenvalue weighted by Crippen LogP contribution is -2.45. The van der Waals surface area contributed by atoms with Crippen LogP contribution in [-0.2, 0) is 9.53 Å². The molecule has 0 aliphatic carbocycles. The summed E-state index contributed by atoms with van der Waals surface area (Å²) in [6.07, 6.45) is 2.06. The Hall–Kier alpha value is -1.30. The fourth-order valence-electron chi connectivity index (χ4n) is 2.15. The van der Waals surface area contributed by atoms with Gasteiger partial charge in [0.05, 0.1) is 6.61 Å². The number of aliphatic carboxylic acids is 1. The van der Waals surface area contributed by atoms with Gasteiger partial charge in [0.25, 0.3) is 0 Å². The highest BCUT2D eigenvalue weighted by Gasteiger charge is 2.29. The highest BCUT2D eigenvalue weighted by molar-refractivity contribution is 5.80. The maximum atomic E-state index is 12.2.